The lowest BCUT2D eigenvalue weighted by molar-refractivity contribution is 0.397. The van der Waals surface area contributed by atoms with E-state index in [0.717, 1.165) is 5.39 Å². The quantitative estimate of drug-likeness (QED) is 0.799. The summed E-state index contributed by atoms with van der Waals surface area (Å²) < 4.78 is 32.3. The lowest BCUT2D eigenvalue weighted by Crippen LogP contribution is -2.13. The topological polar surface area (TPSA) is 81.2 Å². The van der Waals surface area contributed by atoms with Crippen molar-refractivity contribution in [1.29, 1.82) is 0 Å². The standard InChI is InChI=1S/C15H13N3O3S/c1-21-14-8-7-12(10-17-14)22(19,20)18-13-6-2-4-11-5-3-9-16-15(11)13/h2-10,18H,1H3. The molecule has 3 aromatic rings. The molecule has 112 valence electrons. The molecule has 7 heteroatoms. The van der Waals surface area contributed by atoms with Crippen molar-refractivity contribution in [3.8, 4) is 5.88 Å². The van der Waals surface area contributed by atoms with E-state index in [4.69, 9.17) is 4.74 Å². The van der Waals surface area contributed by atoms with Crippen molar-refractivity contribution in [3.05, 3.63) is 54.9 Å². The Morgan fingerprint density at radius 2 is 1.86 bits per heavy atom. The predicted molar refractivity (Wildman–Crippen MR) is 83.3 cm³/mol. The number of anilines is 1. The molecule has 0 spiro atoms. The molecule has 0 aliphatic heterocycles. The van der Waals surface area contributed by atoms with Gasteiger partial charge in [-0.1, -0.05) is 18.2 Å². The fourth-order valence-corrected chi connectivity index (χ4v) is 3.05. The monoisotopic (exact) mass is 315 g/mol. The van der Waals surface area contributed by atoms with E-state index in [0.29, 0.717) is 17.1 Å². The first kappa shape index (κ1) is 14.3. The Morgan fingerprint density at radius 1 is 1.05 bits per heavy atom. The van der Waals surface area contributed by atoms with Gasteiger partial charge in [0.2, 0.25) is 5.88 Å². The summed E-state index contributed by atoms with van der Waals surface area (Å²) in [6.45, 7) is 0. The van der Waals surface area contributed by atoms with E-state index in [1.54, 1.807) is 24.4 Å². The molecule has 0 unspecified atom stereocenters. The van der Waals surface area contributed by atoms with Crippen LogP contribution < -0.4 is 9.46 Å². The van der Waals surface area contributed by atoms with Crippen LogP contribution in [-0.2, 0) is 10.0 Å². The molecule has 0 saturated carbocycles. The van der Waals surface area contributed by atoms with Crippen LogP contribution >= 0.6 is 0 Å². The second-order valence-corrected chi connectivity index (χ2v) is 6.20. The highest BCUT2D eigenvalue weighted by molar-refractivity contribution is 7.92. The number of rotatable bonds is 4. The first-order valence-electron chi connectivity index (χ1n) is 6.47. The molecule has 0 saturated heterocycles. The van der Waals surface area contributed by atoms with Gasteiger partial charge in [-0.2, -0.15) is 0 Å². The molecule has 6 nitrogen and oxygen atoms in total. The lowest BCUT2D eigenvalue weighted by atomic mass is 10.2. The Morgan fingerprint density at radius 3 is 2.59 bits per heavy atom. The number of ether oxygens (including phenoxy) is 1. The number of nitrogens with zero attached hydrogens (tertiary/aromatic N) is 2. The van der Waals surface area contributed by atoms with Crippen molar-refractivity contribution in [2.75, 3.05) is 11.8 Å². The zero-order chi connectivity index (χ0) is 15.6. The summed E-state index contributed by atoms with van der Waals surface area (Å²) in [5, 5.41) is 0.857. The second kappa shape index (κ2) is 5.61. The molecule has 0 aliphatic carbocycles. The van der Waals surface area contributed by atoms with Crippen LogP contribution in [0.15, 0.2) is 59.8 Å². The summed E-state index contributed by atoms with van der Waals surface area (Å²) in [7, 11) is -2.27. The largest absolute Gasteiger partial charge is 0.481 e. The van der Waals surface area contributed by atoms with Gasteiger partial charge in [0, 0.05) is 17.6 Å². The smallest absolute Gasteiger partial charge is 0.263 e. The highest BCUT2D eigenvalue weighted by Gasteiger charge is 2.16. The van der Waals surface area contributed by atoms with Gasteiger partial charge in [-0.25, -0.2) is 13.4 Å². The van der Waals surface area contributed by atoms with Gasteiger partial charge in [0.15, 0.2) is 0 Å². The molecule has 0 atom stereocenters. The van der Waals surface area contributed by atoms with E-state index in [1.807, 2.05) is 12.1 Å². The van der Waals surface area contributed by atoms with Gasteiger partial charge in [0.25, 0.3) is 10.0 Å². The van der Waals surface area contributed by atoms with Gasteiger partial charge in [-0.05, 0) is 18.2 Å². The Hall–Kier alpha value is -2.67. The summed E-state index contributed by atoms with van der Waals surface area (Å²) in [6, 6.07) is 11.9. The number of fused-ring (bicyclic) bond motifs is 1. The van der Waals surface area contributed by atoms with Gasteiger partial charge < -0.3 is 4.74 Å². The minimum atomic E-state index is -3.74. The third-order valence-electron chi connectivity index (χ3n) is 3.11. The maximum Gasteiger partial charge on any atom is 0.263 e. The van der Waals surface area contributed by atoms with E-state index >= 15 is 0 Å². The predicted octanol–water partition coefficient (Wildman–Crippen LogP) is 2.44. The molecule has 0 bridgehead atoms. The molecular formula is C15H13N3O3S. The zero-order valence-electron chi connectivity index (χ0n) is 11.7. The Balaban J connectivity index is 1.99. The molecule has 1 N–H and O–H groups in total. The van der Waals surface area contributed by atoms with Crippen LogP contribution in [0.25, 0.3) is 10.9 Å². The Labute approximate surface area is 127 Å². The molecule has 2 aromatic heterocycles. The van der Waals surface area contributed by atoms with E-state index < -0.39 is 10.0 Å². The normalized spacial score (nSPS) is 11.3. The van der Waals surface area contributed by atoms with Gasteiger partial charge in [-0.3, -0.25) is 9.71 Å². The van der Waals surface area contributed by atoms with E-state index in [2.05, 4.69) is 14.7 Å². The first-order valence-corrected chi connectivity index (χ1v) is 7.95. The Kier molecular flexibility index (Phi) is 3.64. The third kappa shape index (κ3) is 2.71. The summed E-state index contributed by atoms with van der Waals surface area (Å²) in [5.74, 6) is 0.353. The highest BCUT2D eigenvalue weighted by Crippen LogP contribution is 2.23. The van der Waals surface area contributed by atoms with Crippen LogP contribution in [0.4, 0.5) is 5.69 Å². The van der Waals surface area contributed by atoms with E-state index in [-0.39, 0.29) is 4.90 Å². The summed E-state index contributed by atoms with van der Waals surface area (Å²) in [6.07, 6.45) is 2.87. The maximum absolute atomic E-state index is 12.4. The fraction of sp³-hybridized carbons (Fsp3) is 0.0667. The number of methoxy groups -OCH3 is 1. The molecule has 3 rings (SSSR count). The van der Waals surface area contributed by atoms with Crippen LogP contribution in [0, 0.1) is 0 Å². The molecular weight excluding hydrogens is 302 g/mol. The first-order chi connectivity index (χ1) is 10.6. The maximum atomic E-state index is 12.4. The number of hydrogen-bond acceptors (Lipinski definition) is 5. The minimum absolute atomic E-state index is 0.0567. The van der Waals surface area contributed by atoms with Crippen LogP contribution in [0.5, 0.6) is 5.88 Å². The number of benzene rings is 1. The van der Waals surface area contributed by atoms with Crippen LogP contribution in [-0.4, -0.2) is 25.5 Å². The SMILES string of the molecule is COc1ccc(S(=O)(=O)Nc2cccc3cccnc23)cn1. The van der Waals surface area contributed by atoms with Crippen molar-refractivity contribution in [2.45, 2.75) is 4.90 Å². The molecule has 2 heterocycles. The third-order valence-corrected chi connectivity index (χ3v) is 4.46. The van der Waals surface area contributed by atoms with Crippen molar-refractivity contribution in [3.63, 3.8) is 0 Å². The highest BCUT2D eigenvalue weighted by atomic mass is 32.2. The number of para-hydroxylation sites is 1. The average molecular weight is 315 g/mol. The van der Waals surface area contributed by atoms with Gasteiger partial charge in [0.1, 0.15) is 4.90 Å². The number of aromatic nitrogens is 2. The number of hydrogen-bond donors (Lipinski definition) is 1. The van der Waals surface area contributed by atoms with Gasteiger partial charge in [0.05, 0.1) is 24.5 Å². The molecule has 22 heavy (non-hydrogen) atoms. The fourth-order valence-electron chi connectivity index (χ4n) is 2.04. The second-order valence-electron chi connectivity index (χ2n) is 4.52. The Bertz CT molecular complexity index is 903. The number of sulfonamides is 1. The van der Waals surface area contributed by atoms with Gasteiger partial charge in [-0.15, -0.1) is 0 Å². The molecule has 0 amide bonds. The van der Waals surface area contributed by atoms with Crippen molar-refractivity contribution in [1.82, 2.24) is 9.97 Å². The van der Waals surface area contributed by atoms with E-state index in [1.165, 1.54) is 25.4 Å². The van der Waals surface area contributed by atoms with Gasteiger partial charge >= 0.3 is 0 Å². The molecule has 0 aliphatic rings. The minimum Gasteiger partial charge on any atom is -0.481 e. The lowest BCUT2D eigenvalue weighted by Gasteiger charge is -2.10. The number of pyridine rings is 2. The molecule has 1 aromatic carbocycles. The average Bonchev–Trinajstić information content (AvgIpc) is 2.55. The van der Waals surface area contributed by atoms with Crippen LogP contribution in [0.3, 0.4) is 0 Å². The van der Waals surface area contributed by atoms with Crippen molar-refractivity contribution in [2.24, 2.45) is 0 Å². The van der Waals surface area contributed by atoms with Crippen molar-refractivity contribution >= 4 is 26.6 Å². The van der Waals surface area contributed by atoms with Crippen LogP contribution in [0.1, 0.15) is 0 Å². The van der Waals surface area contributed by atoms with Crippen LogP contribution in [0.2, 0.25) is 0 Å². The molecule has 0 fully saturated rings. The summed E-state index contributed by atoms with van der Waals surface area (Å²) in [4.78, 5) is 8.19. The van der Waals surface area contributed by atoms with E-state index in [9.17, 15) is 8.42 Å². The number of nitrogens with one attached hydrogen (secondary N) is 1. The molecule has 0 radical (unpaired) electrons. The van der Waals surface area contributed by atoms with Crippen molar-refractivity contribution < 1.29 is 13.2 Å². The summed E-state index contributed by atoms with van der Waals surface area (Å²) >= 11 is 0. The summed E-state index contributed by atoms with van der Waals surface area (Å²) in [5.41, 5.74) is 1.02. The zero-order valence-corrected chi connectivity index (χ0v) is 12.5.